The Morgan fingerprint density at radius 2 is 1.79 bits per heavy atom. The molecule has 7 nitrogen and oxygen atoms in total. The van der Waals surface area contributed by atoms with Gasteiger partial charge in [0, 0.05) is 36.6 Å². The van der Waals surface area contributed by atoms with Gasteiger partial charge in [0.2, 0.25) is 5.91 Å². The third kappa shape index (κ3) is 4.99. The number of benzene rings is 2. The number of nitrogens with one attached hydrogen (secondary N) is 2. The van der Waals surface area contributed by atoms with E-state index in [4.69, 9.17) is 25.8 Å². The summed E-state index contributed by atoms with van der Waals surface area (Å²) in [6, 6.07) is 11.1. The highest BCUT2D eigenvalue weighted by molar-refractivity contribution is 6.32. The second kappa shape index (κ2) is 9.52. The second-order valence-electron chi connectivity index (χ2n) is 6.24. The van der Waals surface area contributed by atoms with Crippen LogP contribution in [-0.4, -0.2) is 53.0 Å². The van der Waals surface area contributed by atoms with Crippen LogP contribution in [0.3, 0.4) is 0 Å². The molecule has 1 aliphatic rings. The van der Waals surface area contributed by atoms with Crippen molar-refractivity contribution in [1.29, 1.82) is 0 Å². The minimum atomic E-state index is -0.171. The largest absolute Gasteiger partial charge is 0.495 e. The Labute approximate surface area is 169 Å². The van der Waals surface area contributed by atoms with Crippen LogP contribution in [0, 0.1) is 0 Å². The van der Waals surface area contributed by atoms with Crippen LogP contribution in [-0.2, 0) is 9.53 Å². The van der Waals surface area contributed by atoms with Crippen molar-refractivity contribution in [2.75, 3.05) is 62.6 Å². The van der Waals surface area contributed by atoms with Crippen LogP contribution < -0.4 is 25.0 Å². The van der Waals surface area contributed by atoms with Crippen molar-refractivity contribution in [3.05, 3.63) is 41.4 Å². The van der Waals surface area contributed by atoms with E-state index >= 15 is 0 Å². The molecule has 1 aliphatic heterocycles. The number of methoxy groups -OCH3 is 2. The summed E-state index contributed by atoms with van der Waals surface area (Å²) in [6.07, 6.45) is 0. The van der Waals surface area contributed by atoms with Gasteiger partial charge in [0.1, 0.15) is 11.5 Å². The number of amides is 1. The van der Waals surface area contributed by atoms with Crippen LogP contribution in [0.4, 0.5) is 17.1 Å². The van der Waals surface area contributed by atoms with Crippen LogP contribution in [0.15, 0.2) is 36.4 Å². The fourth-order valence-electron chi connectivity index (χ4n) is 2.96. The number of carbonyl (C=O) groups excluding carboxylic acids is 1. The molecule has 1 heterocycles. The lowest BCUT2D eigenvalue weighted by atomic mass is 10.2. The molecule has 1 saturated heterocycles. The minimum absolute atomic E-state index is 0.0758. The molecule has 0 bridgehead atoms. The van der Waals surface area contributed by atoms with Gasteiger partial charge in [0.25, 0.3) is 0 Å². The number of hydrogen-bond acceptors (Lipinski definition) is 6. The van der Waals surface area contributed by atoms with Crippen LogP contribution in [0.25, 0.3) is 0 Å². The zero-order valence-corrected chi connectivity index (χ0v) is 16.7. The number of morpholine rings is 1. The molecule has 0 unspecified atom stereocenters. The maximum Gasteiger partial charge on any atom is 0.243 e. The molecule has 2 aromatic rings. The van der Waals surface area contributed by atoms with E-state index < -0.39 is 0 Å². The lowest BCUT2D eigenvalue weighted by Crippen LogP contribution is -2.36. The summed E-state index contributed by atoms with van der Waals surface area (Å²) in [5.41, 5.74) is 2.49. The van der Waals surface area contributed by atoms with Crippen LogP contribution in [0.2, 0.25) is 5.02 Å². The zero-order chi connectivity index (χ0) is 19.9. The summed E-state index contributed by atoms with van der Waals surface area (Å²) in [4.78, 5) is 14.6. The highest BCUT2D eigenvalue weighted by Crippen LogP contribution is 2.35. The quantitative estimate of drug-likeness (QED) is 0.736. The van der Waals surface area contributed by atoms with E-state index in [1.54, 1.807) is 19.2 Å². The first-order valence-corrected chi connectivity index (χ1v) is 9.36. The predicted molar refractivity (Wildman–Crippen MR) is 111 cm³/mol. The van der Waals surface area contributed by atoms with Crippen molar-refractivity contribution >= 4 is 34.6 Å². The van der Waals surface area contributed by atoms with Gasteiger partial charge in [-0.3, -0.25) is 4.79 Å². The lowest BCUT2D eigenvalue weighted by Gasteiger charge is -2.28. The molecule has 0 aromatic heterocycles. The first kappa shape index (κ1) is 20.1. The Bertz CT molecular complexity index is 808. The van der Waals surface area contributed by atoms with Gasteiger partial charge in [0.05, 0.1) is 44.7 Å². The summed E-state index contributed by atoms with van der Waals surface area (Å²) >= 11 is 6.10. The second-order valence-corrected chi connectivity index (χ2v) is 6.64. The molecule has 8 heteroatoms. The van der Waals surface area contributed by atoms with Crippen LogP contribution >= 0.6 is 11.6 Å². The monoisotopic (exact) mass is 405 g/mol. The van der Waals surface area contributed by atoms with E-state index in [0.29, 0.717) is 22.2 Å². The highest BCUT2D eigenvalue weighted by Gasteiger charge is 2.13. The van der Waals surface area contributed by atoms with Crippen molar-refractivity contribution in [3.63, 3.8) is 0 Å². The van der Waals surface area contributed by atoms with E-state index in [1.165, 1.54) is 7.11 Å². The molecule has 1 fully saturated rings. The van der Waals surface area contributed by atoms with Gasteiger partial charge in [-0.15, -0.1) is 0 Å². The fraction of sp³-hybridized carbons (Fsp3) is 0.350. The van der Waals surface area contributed by atoms with Gasteiger partial charge in [-0.1, -0.05) is 11.6 Å². The van der Waals surface area contributed by atoms with Gasteiger partial charge in [-0.25, -0.2) is 0 Å². The van der Waals surface area contributed by atoms with Crippen molar-refractivity contribution in [2.45, 2.75) is 0 Å². The highest BCUT2D eigenvalue weighted by atomic mass is 35.5. The molecule has 28 heavy (non-hydrogen) atoms. The van der Waals surface area contributed by atoms with Crippen molar-refractivity contribution in [2.24, 2.45) is 0 Å². The number of halogens is 1. The van der Waals surface area contributed by atoms with Gasteiger partial charge in [-0.2, -0.15) is 0 Å². The molecule has 150 valence electrons. The van der Waals surface area contributed by atoms with Crippen LogP contribution in [0.1, 0.15) is 0 Å². The number of anilines is 3. The molecule has 0 saturated carbocycles. The molecule has 0 atom stereocenters. The number of ether oxygens (including phenoxy) is 3. The summed E-state index contributed by atoms with van der Waals surface area (Å²) in [6.45, 7) is 3.31. The van der Waals surface area contributed by atoms with Gasteiger partial charge >= 0.3 is 0 Å². The van der Waals surface area contributed by atoms with Crippen molar-refractivity contribution < 1.29 is 19.0 Å². The summed E-state index contributed by atoms with van der Waals surface area (Å²) < 4.78 is 15.9. The van der Waals surface area contributed by atoms with Crippen molar-refractivity contribution in [1.82, 2.24) is 0 Å². The minimum Gasteiger partial charge on any atom is -0.495 e. The Kier molecular flexibility index (Phi) is 6.84. The first-order chi connectivity index (χ1) is 13.6. The van der Waals surface area contributed by atoms with Gasteiger partial charge in [-0.05, 0) is 24.3 Å². The van der Waals surface area contributed by atoms with E-state index in [-0.39, 0.29) is 12.5 Å². The molecule has 0 aliphatic carbocycles. The Morgan fingerprint density at radius 1 is 1.11 bits per heavy atom. The molecular formula is C20H24ClN3O4. The van der Waals surface area contributed by atoms with Crippen molar-refractivity contribution in [3.8, 4) is 11.5 Å². The number of nitrogens with zero attached hydrogens (tertiary/aromatic N) is 1. The van der Waals surface area contributed by atoms with E-state index in [9.17, 15) is 4.79 Å². The maximum absolute atomic E-state index is 12.3. The fourth-order valence-corrected chi connectivity index (χ4v) is 3.19. The Hall–Kier alpha value is -2.64. The topological polar surface area (TPSA) is 72.1 Å². The summed E-state index contributed by atoms with van der Waals surface area (Å²) in [5.74, 6) is 0.868. The smallest absolute Gasteiger partial charge is 0.243 e. The summed E-state index contributed by atoms with van der Waals surface area (Å²) in [7, 11) is 3.07. The third-order valence-electron chi connectivity index (χ3n) is 4.44. The standard InChI is InChI=1S/C20H24ClN3O4/c1-26-18-12-17(19(27-2)11-16(18)21)22-13-20(25)23-14-3-5-15(6-4-14)24-7-9-28-10-8-24/h3-6,11-12,22H,7-10,13H2,1-2H3,(H,23,25). The van der Waals surface area contributed by atoms with E-state index in [1.807, 2.05) is 24.3 Å². The Balaban J connectivity index is 1.57. The van der Waals surface area contributed by atoms with E-state index in [2.05, 4.69) is 15.5 Å². The van der Waals surface area contributed by atoms with Gasteiger partial charge in [0.15, 0.2) is 0 Å². The normalized spacial score (nSPS) is 13.8. The molecule has 0 radical (unpaired) electrons. The van der Waals surface area contributed by atoms with Gasteiger partial charge < -0.3 is 29.7 Å². The molecule has 1 amide bonds. The number of carbonyl (C=O) groups is 1. The third-order valence-corrected chi connectivity index (χ3v) is 4.74. The van der Waals surface area contributed by atoms with E-state index in [0.717, 1.165) is 37.7 Å². The average Bonchev–Trinajstić information content (AvgIpc) is 2.73. The first-order valence-electron chi connectivity index (χ1n) is 8.98. The predicted octanol–water partition coefficient (Wildman–Crippen LogP) is 3.24. The molecule has 2 aromatic carbocycles. The number of hydrogen-bond donors (Lipinski definition) is 2. The maximum atomic E-state index is 12.3. The lowest BCUT2D eigenvalue weighted by molar-refractivity contribution is -0.114. The average molecular weight is 406 g/mol. The Morgan fingerprint density at radius 3 is 2.43 bits per heavy atom. The number of rotatable bonds is 7. The SMILES string of the molecule is COc1cc(NCC(=O)Nc2ccc(N3CCOCC3)cc2)c(OC)cc1Cl. The molecule has 0 spiro atoms. The zero-order valence-electron chi connectivity index (χ0n) is 16.0. The molecule has 2 N–H and O–H groups in total. The van der Waals surface area contributed by atoms with Crippen LogP contribution in [0.5, 0.6) is 11.5 Å². The summed E-state index contributed by atoms with van der Waals surface area (Å²) in [5, 5.41) is 6.37. The molecular weight excluding hydrogens is 382 g/mol. The molecule has 3 rings (SSSR count).